The van der Waals surface area contributed by atoms with Gasteiger partial charge in [-0.15, -0.1) is 0 Å². The molecule has 9 heteroatoms. The highest BCUT2D eigenvalue weighted by atomic mass is 16.6. The van der Waals surface area contributed by atoms with Gasteiger partial charge in [-0.3, -0.25) is 24.3 Å². The summed E-state index contributed by atoms with van der Waals surface area (Å²) in [5.41, 5.74) is 0.362. The molecule has 0 unspecified atom stereocenters. The topological polar surface area (TPSA) is 116 Å². The molecular formula is C18H16N4O5. The average Bonchev–Trinajstić information content (AvgIpc) is 2.65. The normalized spacial score (nSPS) is 10.6. The summed E-state index contributed by atoms with van der Waals surface area (Å²) >= 11 is 0. The van der Waals surface area contributed by atoms with Crippen molar-refractivity contribution < 1.29 is 14.5 Å². The van der Waals surface area contributed by atoms with Crippen LogP contribution < -0.4 is 15.6 Å². The van der Waals surface area contributed by atoms with Crippen LogP contribution >= 0.6 is 0 Å². The molecule has 3 rings (SSSR count). The number of non-ortho nitro benzene ring substituents is 1. The second-order valence-electron chi connectivity index (χ2n) is 5.76. The number of ether oxygens (including phenoxy) is 1. The third-order valence-electron chi connectivity index (χ3n) is 4.02. The van der Waals surface area contributed by atoms with E-state index < -0.39 is 10.8 Å². The van der Waals surface area contributed by atoms with E-state index in [0.717, 1.165) is 0 Å². The van der Waals surface area contributed by atoms with E-state index >= 15 is 0 Å². The molecule has 0 radical (unpaired) electrons. The Labute approximate surface area is 153 Å². The Hall–Kier alpha value is -3.75. The number of amides is 1. The molecular weight excluding hydrogens is 352 g/mol. The minimum absolute atomic E-state index is 0.151. The number of nitrogens with zero attached hydrogens (tertiary/aromatic N) is 3. The van der Waals surface area contributed by atoms with Gasteiger partial charge in [0.1, 0.15) is 18.1 Å². The molecule has 0 spiro atoms. The zero-order valence-corrected chi connectivity index (χ0v) is 14.6. The Morgan fingerprint density at radius 1 is 1.30 bits per heavy atom. The van der Waals surface area contributed by atoms with Crippen molar-refractivity contribution in [2.75, 3.05) is 12.4 Å². The highest BCUT2D eigenvalue weighted by Gasteiger charge is 2.15. The summed E-state index contributed by atoms with van der Waals surface area (Å²) in [5.74, 6) is 0.0761. The molecule has 3 aromatic rings. The number of hydrogen-bond donors (Lipinski definition) is 1. The number of carbonyl (C=O) groups is 1. The predicted octanol–water partition coefficient (Wildman–Crippen LogP) is 2.26. The number of para-hydroxylation sites is 1. The van der Waals surface area contributed by atoms with E-state index in [1.54, 1.807) is 31.2 Å². The van der Waals surface area contributed by atoms with Gasteiger partial charge in [0.25, 0.3) is 11.2 Å². The molecule has 1 aromatic heterocycles. The summed E-state index contributed by atoms with van der Waals surface area (Å²) in [6, 6.07) is 10.7. The number of aryl methyl sites for hydroxylation is 1. The lowest BCUT2D eigenvalue weighted by molar-refractivity contribution is -0.384. The van der Waals surface area contributed by atoms with Gasteiger partial charge in [0.05, 0.1) is 34.7 Å². The third kappa shape index (κ3) is 3.61. The lowest BCUT2D eigenvalue weighted by atomic mass is 10.2. The van der Waals surface area contributed by atoms with Crippen LogP contribution in [0.15, 0.2) is 47.3 Å². The largest absolute Gasteiger partial charge is 0.494 e. The fraction of sp³-hybridized carbons (Fsp3) is 0.167. The Kier molecular flexibility index (Phi) is 4.84. The number of aromatic nitrogens is 2. The standard InChI is InChI=1S/C18H16N4O5/c1-11-19-14-6-4-3-5-13(14)18(24)21(11)10-17(23)20-15-8-7-12(22(25)26)9-16(15)27-2/h3-9H,10H2,1-2H3,(H,20,23). The summed E-state index contributed by atoms with van der Waals surface area (Å²) < 4.78 is 6.37. The van der Waals surface area contributed by atoms with Crippen molar-refractivity contribution in [2.45, 2.75) is 13.5 Å². The molecule has 9 nitrogen and oxygen atoms in total. The van der Waals surface area contributed by atoms with E-state index in [9.17, 15) is 19.7 Å². The van der Waals surface area contributed by atoms with Crippen molar-refractivity contribution in [2.24, 2.45) is 0 Å². The number of anilines is 1. The van der Waals surface area contributed by atoms with Crippen molar-refractivity contribution in [1.29, 1.82) is 0 Å². The van der Waals surface area contributed by atoms with Crippen LogP contribution in [0.1, 0.15) is 5.82 Å². The molecule has 0 aliphatic rings. The summed E-state index contributed by atoms with van der Waals surface area (Å²) in [6.45, 7) is 1.40. The summed E-state index contributed by atoms with van der Waals surface area (Å²) in [6.07, 6.45) is 0. The van der Waals surface area contributed by atoms with Gasteiger partial charge in [0, 0.05) is 6.07 Å². The highest BCUT2D eigenvalue weighted by molar-refractivity contribution is 5.92. The Bertz CT molecular complexity index is 1110. The minimum atomic E-state index is -0.558. The van der Waals surface area contributed by atoms with Crippen molar-refractivity contribution in [1.82, 2.24) is 9.55 Å². The molecule has 138 valence electrons. The molecule has 0 saturated carbocycles. The van der Waals surface area contributed by atoms with Crippen molar-refractivity contribution >= 4 is 28.2 Å². The lowest BCUT2D eigenvalue weighted by Crippen LogP contribution is -2.30. The number of benzene rings is 2. The van der Waals surface area contributed by atoms with Gasteiger partial charge in [-0.05, 0) is 25.1 Å². The molecule has 2 aromatic carbocycles. The van der Waals surface area contributed by atoms with Crippen LogP contribution in [0.4, 0.5) is 11.4 Å². The Morgan fingerprint density at radius 3 is 2.74 bits per heavy atom. The summed E-state index contributed by atoms with van der Waals surface area (Å²) in [7, 11) is 1.34. The van der Waals surface area contributed by atoms with E-state index in [1.165, 1.54) is 29.9 Å². The van der Waals surface area contributed by atoms with E-state index in [0.29, 0.717) is 16.7 Å². The number of methoxy groups -OCH3 is 1. The molecule has 1 amide bonds. The van der Waals surface area contributed by atoms with Gasteiger partial charge in [-0.2, -0.15) is 0 Å². The van der Waals surface area contributed by atoms with Crippen LogP contribution in [0.2, 0.25) is 0 Å². The fourth-order valence-corrected chi connectivity index (χ4v) is 2.70. The SMILES string of the molecule is COc1cc([N+](=O)[O-])ccc1NC(=O)Cn1c(C)nc2ccccc2c1=O. The molecule has 1 heterocycles. The number of hydrogen-bond acceptors (Lipinski definition) is 6. The van der Waals surface area contributed by atoms with Crippen molar-refractivity contribution in [3.8, 4) is 5.75 Å². The Morgan fingerprint density at radius 2 is 2.04 bits per heavy atom. The first-order chi connectivity index (χ1) is 12.9. The van der Waals surface area contributed by atoms with E-state index in [2.05, 4.69) is 10.3 Å². The lowest BCUT2D eigenvalue weighted by Gasteiger charge is -2.13. The second kappa shape index (κ2) is 7.24. The first-order valence-electron chi connectivity index (χ1n) is 7.99. The van der Waals surface area contributed by atoms with Crippen LogP contribution in [0.5, 0.6) is 5.75 Å². The van der Waals surface area contributed by atoms with Crippen LogP contribution in [0, 0.1) is 17.0 Å². The first-order valence-corrected chi connectivity index (χ1v) is 7.99. The van der Waals surface area contributed by atoms with Crippen LogP contribution in [-0.4, -0.2) is 27.5 Å². The molecule has 0 bridgehead atoms. The summed E-state index contributed by atoms with van der Waals surface area (Å²) in [4.78, 5) is 39.7. The number of nitro groups is 1. The molecule has 0 aliphatic carbocycles. The van der Waals surface area contributed by atoms with E-state index in [4.69, 9.17) is 4.74 Å². The monoisotopic (exact) mass is 368 g/mol. The molecule has 0 fully saturated rings. The molecule has 27 heavy (non-hydrogen) atoms. The smallest absolute Gasteiger partial charge is 0.273 e. The number of fused-ring (bicyclic) bond motifs is 1. The van der Waals surface area contributed by atoms with E-state index in [-0.39, 0.29) is 29.2 Å². The van der Waals surface area contributed by atoms with Gasteiger partial charge in [-0.1, -0.05) is 12.1 Å². The maximum absolute atomic E-state index is 12.6. The van der Waals surface area contributed by atoms with Crippen LogP contribution in [-0.2, 0) is 11.3 Å². The molecule has 0 aliphatic heterocycles. The summed E-state index contributed by atoms with van der Waals surface area (Å²) in [5, 5.41) is 13.9. The number of nitro benzene ring substituents is 1. The second-order valence-corrected chi connectivity index (χ2v) is 5.76. The van der Waals surface area contributed by atoms with Gasteiger partial charge in [-0.25, -0.2) is 4.98 Å². The highest BCUT2D eigenvalue weighted by Crippen LogP contribution is 2.28. The molecule has 1 N–H and O–H groups in total. The molecule has 0 atom stereocenters. The number of carbonyl (C=O) groups excluding carboxylic acids is 1. The van der Waals surface area contributed by atoms with Gasteiger partial charge >= 0.3 is 0 Å². The minimum Gasteiger partial charge on any atom is -0.494 e. The number of rotatable bonds is 5. The first kappa shape index (κ1) is 18.1. The average molecular weight is 368 g/mol. The maximum Gasteiger partial charge on any atom is 0.273 e. The fourth-order valence-electron chi connectivity index (χ4n) is 2.70. The van der Waals surface area contributed by atoms with Gasteiger partial charge in [0.15, 0.2) is 0 Å². The maximum atomic E-state index is 12.6. The van der Waals surface area contributed by atoms with Crippen LogP contribution in [0.25, 0.3) is 10.9 Å². The van der Waals surface area contributed by atoms with Gasteiger partial charge in [0.2, 0.25) is 5.91 Å². The van der Waals surface area contributed by atoms with Gasteiger partial charge < -0.3 is 10.1 Å². The Balaban J connectivity index is 1.88. The number of nitrogens with one attached hydrogen (secondary N) is 1. The van der Waals surface area contributed by atoms with Crippen LogP contribution in [0.3, 0.4) is 0 Å². The zero-order chi connectivity index (χ0) is 19.6. The zero-order valence-electron chi connectivity index (χ0n) is 14.6. The van der Waals surface area contributed by atoms with E-state index in [1.807, 2.05) is 0 Å². The predicted molar refractivity (Wildman–Crippen MR) is 99.0 cm³/mol. The third-order valence-corrected chi connectivity index (χ3v) is 4.02. The van der Waals surface area contributed by atoms with Crippen molar-refractivity contribution in [3.63, 3.8) is 0 Å². The molecule has 0 saturated heterocycles. The van der Waals surface area contributed by atoms with Crippen molar-refractivity contribution in [3.05, 3.63) is 68.8 Å². The quantitative estimate of drug-likeness (QED) is 0.545.